The fraction of sp³-hybridized carbons (Fsp3) is 0.538. The highest BCUT2D eigenvalue weighted by Crippen LogP contribution is 2.50. The number of alkyl halides is 7. The minimum Gasteiger partial charge on any atom is -0.494 e. The fourth-order valence-corrected chi connectivity index (χ4v) is 1.75. The summed E-state index contributed by atoms with van der Waals surface area (Å²) < 4.78 is 93.2. The molecule has 0 aromatic heterocycles. The largest absolute Gasteiger partial charge is 0.494 e. The molecule has 1 aromatic rings. The summed E-state index contributed by atoms with van der Waals surface area (Å²) in [5, 5.41) is 9.58. The normalized spacial score (nSPS) is 14.8. The number of hydrogen-bond acceptors (Lipinski definition) is 2. The molecule has 0 saturated heterocycles. The summed E-state index contributed by atoms with van der Waals surface area (Å²) in [6.45, 7) is 1.82. The van der Waals surface area contributed by atoms with Crippen molar-refractivity contribution < 1.29 is 40.6 Å². The van der Waals surface area contributed by atoms with Crippen LogP contribution in [0, 0.1) is 0 Å². The lowest BCUT2D eigenvalue weighted by Gasteiger charge is -2.31. The second-order valence-electron chi connectivity index (χ2n) is 4.52. The smallest absolute Gasteiger partial charge is 0.431 e. The van der Waals surface area contributed by atoms with Crippen LogP contribution in [0.4, 0.5) is 30.7 Å². The molecular formula is C13H13F7O2. The molecular weight excluding hydrogens is 321 g/mol. The Hall–Kier alpha value is -1.51. The minimum atomic E-state index is -6.19. The van der Waals surface area contributed by atoms with Gasteiger partial charge in [0, 0.05) is 6.42 Å². The molecule has 0 aliphatic rings. The van der Waals surface area contributed by atoms with Crippen molar-refractivity contribution in [1.29, 1.82) is 0 Å². The molecule has 0 heterocycles. The maximum Gasteiger partial charge on any atom is 0.431 e. The second-order valence-corrected chi connectivity index (χ2v) is 4.52. The van der Waals surface area contributed by atoms with E-state index in [-0.39, 0.29) is 17.9 Å². The summed E-state index contributed by atoms with van der Waals surface area (Å²) in [4.78, 5) is 0. The van der Waals surface area contributed by atoms with Gasteiger partial charge in [-0.3, -0.25) is 0 Å². The van der Waals surface area contributed by atoms with Crippen LogP contribution < -0.4 is 4.74 Å². The number of ether oxygens (including phenoxy) is 1. The van der Waals surface area contributed by atoms with Gasteiger partial charge < -0.3 is 9.84 Å². The van der Waals surface area contributed by atoms with Gasteiger partial charge in [-0.1, -0.05) is 12.1 Å². The van der Waals surface area contributed by atoms with Crippen LogP contribution in [-0.4, -0.2) is 29.7 Å². The Kier molecular flexibility index (Phi) is 5.32. The van der Waals surface area contributed by atoms with Crippen molar-refractivity contribution in [3.8, 4) is 5.75 Å². The Morgan fingerprint density at radius 1 is 1.05 bits per heavy atom. The van der Waals surface area contributed by atoms with E-state index in [9.17, 15) is 35.8 Å². The van der Waals surface area contributed by atoms with E-state index in [1.165, 1.54) is 12.1 Å². The Morgan fingerprint density at radius 2 is 1.59 bits per heavy atom. The molecule has 9 heteroatoms. The lowest BCUT2D eigenvalue weighted by molar-refractivity contribution is -0.347. The molecule has 22 heavy (non-hydrogen) atoms. The SMILES string of the molecule is CCOc1cccc(C(O)CC(F)(C(F)(F)F)C(F)(F)F)c1. The maximum atomic E-state index is 13.5. The lowest BCUT2D eigenvalue weighted by Crippen LogP contribution is -2.54. The van der Waals surface area contributed by atoms with Crippen molar-refractivity contribution in [2.75, 3.05) is 6.61 Å². The molecule has 1 unspecified atom stereocenters. The Labute approximate surface area is 121 Å². The quantitative estimate of drug-likeness (QED) is 0.812. The summed E-state index contributed by atoms with van der Waals surface area (Å²) in [5.41, 5.74) is -5.80. The standard InChI is InChI=1S/C13H13F7O2/c1-2-22-9-5-3-4-8(6-9)10(21)7-11(14,12(15,16)17)13(18,19)20/h3-6,10,21H,2,7H2,1H3. The number of aliphatic hydroxyl groups excluding tert-OH is 1. The zero-order valence-electron chi connectivity index (χ0n) is 11.3. The van der Waals surface area contributed by atoms with Gasteiger partial charge in [-0.05, 0) is 24.6 Å². The van der Waals surface area contributed by atoms with E-state index in [2.05, 4.69) is 0 Å². The van der Waals surface area contributed by atoms with Crippen LogP contribution in [-0.2, 0) is 0 Å². The van der Waals surface area contributed by atoms with Crippen LogP contribution in [0.2, 0.25) is 0 Å². The lowest BCUT2D eigenvalue weighted by atomic mass is 9.93. The maximum absolute atomic E-state index is 13.5. The topological polar surface area (TPSA) is 29.5 Å². The number of rotatable bonds is 5. The van der Waals surface area contributed by atoms with Crippen LogP contribution in [0.1, 0.15) is 25.0 Å². The van der Waals surface area contributed by atoms with Crippen LogP contribution in [0.15, 0.2) is 24.3 Å². The highest BCUT2D eigenvalue weighted by Gasteiger charge is 2.72. The molecule has 0 fully saturated rings. The average Bonchev–Trinajstić information content (AvgIpc) is 2.36. The van der Waals surface area contributed by atoms with Gasteiger partial charge in [-0.15, -0.1) is 0 Å². The molecule has 0 aliphatic heterocycles. The van der Waals surface area contributed by atoms with Crippen LogP contribution in [0.25, 0.3) is 0 Å². The molecule has 0 spiro atoms. The van der Waals surface area contributed by atoms with Gasteiger partial charge in [0.05, 0.1) is 12.7 Å². The van der Waals surface area contributed by atoms with E-state index in [0.717, 1.165) is 12.1 Å². The third kappa shape index (κ3) is 3.82. The molecule has 1 rings (SSSR count). The Morgan fingerprint density at radius 3 is 2.05 bits per heavy atom. The zero-order valence-corrected chi connectivity index (χ0v) is 11.3. The first-order valence-corrected chi connectivity index (χ1v) is 6.15. The monoisotopic (exact) mass is 334 g/mol. The zero-order chi connectivity index (χ0) is 17.2. The number of aliphatic hydroxyl groups is 1. The van der Waals surface area contributed by atoms with Gasteiger partial charge in [0.2, 0.25) is 0 Å². The van der Waals surface area contributed by atoms with Crippen molar-refractivity contribution in [1.82, 2.24) is 0 Å². The van der Waals surface area contributed by atoms with Crippen molar-refractivity contribution in [3.63, 3.8) is 0 Å². The van der Waals surface area contributed by atoms with E-state index in [1.807, 2.05) is 0 Å². The summed E-state index contributed by atoms with van der Waals surface area (Å²) in [5.74, 6) is 0.141. The van der Waals surface area contributed by atoms with Crippen molar-refractivity contribution in [3.05, 3.63) is 29.8 Å². The molecule has 1 aromatic carbocycles. The summed E-state index contributed by atoms with van der Waals surface area (Å²) in [6.07, 6.45) is -16.9. The molecule has 126 valence electrons. The predicted molar refractivity (Wildman–Crippen MR) is 63.1 cm³/mol. The number of hydrogen-bond donors (Lipinski definition) is 1. The molecule has 0 radical (unpaired) electrons. The van der Waals surface area contributed by atoms with E-state index in [4.69, 9.17) is 4.74 Å². The van der Waals surface area contributed by atoms with E-state index < -0.39 is 30.5 Å². The molecule has 0 bridgehead atoms. The van der Waals surface area contributed by atoms with Crippen molar-refractivity contribution in [2.24, 2.45) is 0 Å². The number of halogens is 7. The molecule has 1 N–H and O–H groups in total. The van der Waals surface area contributed by atoms with Gasteiger partial charge >= 0.3 is 18.0 Å². The Balaban J connectivity index is 3.07. The second kappa shape index (κ2) is 6.31. The first-order chi connectivity index (χ1) is 9.92. The van der Waals surface area contributed by atoms with E-state index in [1.54, 1.807) is 6.92 Å². The summed E-state index contributed by atoms with van der Waals surface area (Å²) >= 11 is 0. The minimum absolute atomic E-state index is 0.141. The highest BCUT2D eigenvalue weighted by atomic mass is 19.4. The number of benzene rings is 1. The fourth-order valence-electron chi connectivity index (χ4n) is 1.75. The van der Waals surface area contributed by atoms with Gasteiger partial charge in [-0.25, -0.2) is 4.39 Å². The first-order valence-electron chi connectivity index (χ1n) is 6.15. The summed E-state index contributed by atoms with van der Waals surface area (Å²) in [7, 11) is 0. The Bertz CT molecular complexity index is 482. The van der Waals surface area contributed by atoms with Crippen LogP contribution in [0.3, 0.4) is 0 Å². The molecule has 0 aliphatic carbocycles. The third-order valence-electron chi connectivity index (χ3n) is 2.93. The first kappa shape index (κ1) is 18.5. The molecule has 0 saturated carbocycles. The van der Waals surface area contributed by atoms with Gasteiger partial charge in [0.15, 0.2) is 0 Å². The van der Waals surface area contributed by atoms with Crippen molar-refractivity contribution in [2.45, 2.75) is 37.5 Å². The van der Waals surface area contributed by atoms with Crippen molar-refractivity contribution >= 4 is 0 Å². The molecule has 2 nitrogen and oxygen atoms in total. The van der Waals surface area contributed by atoms with Crippen LogP contribution >= 0.6 is 0 Å². The van der Waals surface area contributed by atoms with Gasteiger partial charge in [0.25, 0.3) is 0 Å². The van der Waals surface area contributed by atoms with Gasteiger partial charge in [-0.2, -0.15) is 26.3 Å². The molecule has 1 atom stereocenters. The molecule has 0 amide bonds. The van der Waals surface area contributed by atoms with Crippen LogP contribution in [0.5, 0.6) is 5.75 Å². The predicted octanol–water partition coefficient (Wildman–Crippen LogP) is 4.34. The highest BCUT2D eigenvalue weighted by molar-refractivity contribution is 5.30. The average molecular weight is 334 g/mol. The van der Waals surface area contributed by atoms with E-state index in [0.29, 0.717) is 0 Å². The van der Waals surface area contributed by atoms with Gasteiger partial charge in [0.1, 0.15) is 5.75 Å². The summed E-state index contributed by atoms with van der Waals surface area (Å²) in [6, 6.07) is 4.81. The third-order valence-corrected chi connectivity index (χ3v) is 2.93. The van der Waals surface area contributed by atoms with E-state index >= 15 is 0 Å².